The van der Waals surface area contributed by atoms with Gasteiger partial charge in [0.05, 0.1) is 12.5 Å². The van der Waals surface area contributed by atoms with Crippen LogP contribution in [0.25, 0.3) is 0 Å². The number of benzene rings is 1. The molecule has 0 bridgehead atoms. The Morgan fingerprint density at radius 1 is 1.15 bits per heavy atom. The van der Waals surface area contributed by atoms with E-state index in [0.29, 0.717) is 32.0 Å². The number of nitrogens with zero attached hydrogens (tertiary/aromatic N) is 2. The molecular formula is C25H37N3O5. The van der Waals surface area contributed by atoms with Crippen molar-refractivity contribution in [3.63, 3.8) is 0 Å². The standard InChI is InChI=1S/C25H37N3O5/c1-5-32-24(30)20-15-19(27(4)17(2)3)11-12-22(20)28-14-13-21(23(28)29)26-25(31)33-16-18-9-7-6-8-10-18/h6-10,17,19-22H,5,11-16H2,1-4H3,(H,26,31)/t19?,20-,21+,22?/m1/s1. The van der Waals surface area contributed by atoms with Crippen LogP contribution in [0.4, 0.5) is 4.79 Å². The molecule has 33 heavy (non-hydrogen) atoms. The van der Waals surface area contributed by atoms with Gasteiger partial charge in [-0.15, -0.1) is 0 Å². The van der Waals surface area contributed by atoms with E-state index in [1.807, 2.05) is 30.3 Å². The molecular weight excluding hydrogens is 422 g/mol. The second kappa shape index (κ2) is 11.5. The van der Waals surface area contributed by atoms with Crippen LogP contribution < -0.4 is 5.32 Å². The van der Waals surface area contributed by atoms with E-state index in [2.05, 4.69) is 31.1 Å². The minimum Gasteiger partial charge on any atom is -0.466 e. The molecule has 2 fully saturated rings. The Labute approximate surface area is 196 Å². The fourth-order valence-electron chi connectivity index (χ4n) is 4.87. The Balaban J connectivity index is 1.61. The highest BCUT2D eigenvalue weighted by Crippen LogP contribution is 2.34. The number of esters is 1. The number of amides is 2. The first-order valence-corrected chi connectivity index (χ1v) is 12.0. The number of likely N-dealkylation sites (tertiary alicyclic amines) is 1. The quantitative estimate of drug-likeness (QED) is 0.602. The maximum Gasteiger partial charge on any atom is 0.408 e. The fourth-order valence-corrected chi connectivity index (χ4v) is 4.87. The van der Waals surface area contributed by atoms with Gasteiger partial charge in [0.25, 0.3) is 0 Å². The Hall–Kier alpha value is -2.61. The normalized spacial score (nSPS) is 25.4. The van der Waals surface area contributed by atoms with Crippen molar-refractivity contribution in [1.29, 1.82) is 0 Å². The van der Waals surface area contributed by atoms with Crippen LogP contribution in [0, 0.1) is 5.92 Å². The average molecular weight is 460 g/mol. The lowest BCUT2D eigenvalue weighted by molar-refractivity contribution is -0.154. The van der Waals surface area contributed by atoms with Crippen molar-refractivity contribution in [2.24, 2.45) is 5.92 Å². The SMILES string of the molecule is CCOC(=O)[C@@H]1CC(N(C)C(C)C)CCC1N1CC[C@H](NC(=O)OCc2ccccc2)C1=O. The van der Waals surface area contributed by atoms with Gasteiger partial charge >= 0.3 is 12.1 Å². The van der Waals surface area contributed by atoms with Gasteiger partial charge < -0.3 is 24.6 Å². The van der Waals surface area contributed by atoms with Crippen molar-refractivity contribution in [3.05, 3.63) is 35.9 Å². The van der Waals surface area contributed by atoms with Gasteiger partial charge in [0, 0.05) is 24.7 Å². The minimum atomic E-state index is -0.632. The molecule has 0 aromatic heterocycles. The zero-order valence-electron chi connectivity index (χ0n) is 20.2. The molecule has 182 valence electrons. The van der Waals surface area contributed by atoms with E-state index in [1.165, 1.54) is 0 Å². The summed E-state index contributed by atoms with van der Waals surface area (Å²) in [6.07, 6.45) is 2.21. The fraction of sp³-hybridized carbons (Fsp3) is 0.640. The maximum absolute atomic E-state index is 13.2. The molecule has 1 aliphatic carbocycles. The molecule has 2 unspecified atom stereocenters. The highest BCUT2D eigenvalue weighted by atomic mass is 16.5. The molecule has 4 atom stereocenters. The minimum absolute atomic E-state index is 0.148. The second-order valence-electron chi connectivity index (χ2n) is 9.23. The lowest BCUT2D eigenvalue weighted by atomic mass is 9.80. The first-order chi connectivity index (χ1) is 15.8. The topological polar surface area (TPSA) is 88.2 Å². The van der Waals surface area contributed by atoms with E-state index in [4.69, 9.17) is 9.47 Å². The van der Waals surface area contributed by atoms with E-state index in [9.17, 15) is 14.4 Å². The molecule has 3 rings (SSSR count). The van der Waals surface area contributed by atoms with E-state index >= 15 is 0 Å². The van der Waals surface area contributed by atoms with Gasteiger partial charge in [0.15, 0.2) is 0 Å². The Kier molecular flexibility index (Phi) is 8.72. The van der Waals surface area contributed by atoms with Gasteiger partial charge in [-0.1, -0.05) is 30.3 Å². The zero-order valence-corrected chi connectivity index (χ0v) is 20.2. The first-order valence-electron chi connectivity index (χ1n) is 12.0. The molecule has 2 amide bonds. The van der Waals surface area contributed by atoms with Crippen LogP contribution in [0.5, 0.6) is 0 Å². The molecule has 0 spiro atoms. The summed E-state index contributed by atoms with van der Waals surface area (Å²) in [4.78, 5) is 42.3. The van der Waals surface area contributed by atoms with Gasteiger partial charge in [0.1, 0.15) is 12.6 Å². The lowest BCUT2D eigenvalue weighted by Crippen LogP contribution is -2.53. The van der Waals surface area contributed by atoms with Gasteiger partial charge in [-0.25, -0.2) is 4.79 Å². The van der Waals surface area contributed by atoms with E-state index < -0.39 is 12.1 Å². The number of carbonyl (C=O) groups is 3. The van der Waals surface area contributed by atoms with Crippen LogP contribution >= 0.6 is 0 Å². The van der Waals surface area contributed by atoms with Gasteiger partial charge in [0.2, 0.25) is 5.91 Å². The van der Waals surface area contributed by atoms with Crippen molar-refractivity contribution < 1.29 is 23.9 Å². The van der Waals surface area contributed by atoms with E-state index in [-0.39, 0.29) is 36.5 Å². The number of ether oxygens (including phenoxy) is 2. The van der Waals surface area contributed by atoms with Gasteiger partial charge in [-0.3, -0.25) is 9.59 Å². The van der Waals surface area contributed by atoms with Gasteiger partial charge in [-0.2, -0.15) is 0 Å². The van der Waals surface area contributed by atoms with Crippen LogP contribution in [-0.4, -0.2) is 72.1 Å². The van der Waals surface area contributed by atoms with Crippen LogP contribution in [-0.2, 0) is 25.7 Å². The Morgan fingerprint density at radius 3 is 2.55 bits per heavy atom. The number of hydrogen-bond donors (Lipinski definition) is 1. The van der Waals surface area contributed by atoms with Crippen LogP contribution in [0.3, 0.4) is 0 Å². The summed E-state index contributed by atoms with van der Waals surface area (Å²) in [7, 11) is 2.08. The summed E-state index contributed by atoms with van der Waals surface area (Å²) in [5, 5.41) is 2.70. The van der Waals surface area contributed by atoms with Crippen LogP contribution in [0.2, 0.25) is 0 Å². The predicted molar refractivity (Wildman–Crippen MR) is 124 cm³/mol. The molecule has 2 aliphatic rings. The third-order valence-corrected chi connectivity index (χ3v) is 6.91. The monoisotopic (exact) mass is 459 g/mol. The molecule has 1 aromatic rings. The van der Waals surface area contributed by atoms with Crippen molar-refractivity contribution in [2.45, 2.75) is 77.2 Å². The summed E-state index contributed by atoms with van der Waals surface area (Å²) < 4.78 is 10.6. The molecule has 8 nitrogen and oxygen atoms in total. The molecule has 1 aromatic carbocycles. The summed E-state index contributed by atoms with van der Waals surface area (Å²) in [6.45, 7) is 7.06. The molecule has 1 aliphatic heterocycles. The van der Waals surface area contributed by atoms with Crippen molar-refractivity contribution in [3.8, 4) is 0 Å². The van der Waals surface area contributed by atoms with Crippen molar-refractivity contribution >= 4 is 18.0 Å². The molecule has 1 saturated carbocycles. The zero-order chi connectivity index (χ0) is 24.0. The average Bonchev–Trinajstić information content (AvgIpc) is 3.17. The number of alkyl carbamates (subject to hydrolysis) is 1. The molecule has 1 saturated heterocycles. The number of nitrogens with one attached hydrogen (secondary N) is 1. The van der Waals surface area contributed by atoms with E-state index in [0.717, 1.165) is 18.4 Å². The van der Waals surface area contributed by atoms with E-state index in [1.54, 1.807) is 11.8 Å². The summed E-state index contributed by atoms with van der Waals surface area (Å²) in [5.74, 6) is -0.755. The maximum atomic E-state index is 13.2. The Morgan fingerprint density at radius 2 is 1.88 bits per heavy atom. The molecule has 8 heteroatoms. The van der Waals surface area contributed by atoms with Crippen LogP contribution in [0.15, 0.2) is 30.3 Å². The summed E-state index contributed by atoms with van der Waals surface area (Å²) in [5.41, 5.74) is 0.882. The molecule has 0 radical (unpaired) electrons. The van der Waals surface area contributed by atoms with Crippen LogP contribution in [0.1, 0.15) is 52.0 Å². The molecule has 1 heterocycles. The number of carbonyl (C=O) groups excluding carboxylic acids is 3. The van der Waals surface area contributed by atoms with Gasteiger partial charge in [-0.05, 0) is 59.1 Å². The lowest BCUT2D eigenvalue weighted by Gasteiger charge is -2.43. The van der Waals surface area contributed by atoms with Crippen molar-refractivity contribution in [2.75, 3.05) is 20.2 Å². The number of rotatable bonds is 8. The summed E-state index contributed by atoms with van der Waals surface area (Å²) >= 11 is 0. The van der Waals surface area contributed by atoms with Crippen molar-refractivity contribution in [1.82, 2.24) is 15.1 Å². The highest BCUT2D eigenvalue weighted by Gasteiger charge is 2.45. The third kappa shape index (κ3) is 6.25. The summed E-state index contributed by atoms with van der Waals surface area (Å²) in [6, 6.07) is 9.20. The third-order valence-electron chi connectivity index (χ3n) is 6.91. The highest BCUT2D eigenvalue weighted by molar-refractivity contribution is 5.88. The number of hydrogen-bond acceptors (Lipinski definition) is 6. The molecule has 1 N–H and O–H groups in total. The predicted octanol–water partition coefficient (Wildman–Crippen LogP) is 2.95. The first kappa shape index (κ1) is 25.0. The Bertz CT molecular complexity index is 816. The largest absolute Gasteiger partial charge is 0.466 e. The second-order valence-corrected chi connectivity index (χ2v) is 9.23. The smallest absolute Gasteiger partial charge is 0.408 e.